The lowest BCUT2D eigenvalue weighted by molar-refractivity contribution is -0.195. The summed E-state index contributed by atoms with van der Waals surface area (Å²) in [5.41, 5.74) is 0.134. The van der Waals surface area contributed by atoms with Gasteiger partial charge in [-0.1, -0.05) is 13.8 Å². The zero-order valence-corrected chi connectivity index (χ0v) is 6.39. The van der Waals surface area contributed by atoms with Crippen molar-refractivity contribution in [2.24, 2.45) is 11.3 Å². The van der Waals surface area contributed by atoms with E-state index >= 15 is 0 Å². The Morgan fingerprint density at radius 1 is 1.60 bits per heavy atom. The summed E-state index contributed by atoms with van der Waals surface area (Å²) in [5.74, 6) is 0.627. The molecule has 0 aromatic heterocycles. The van der Waals surface area contributed by atoms with Gasteiger partial charge in [0.1, 0.15) is 6.10 Å². The monoisotopic (exact) mass is 140 g/mol. The van der Waals surface area contributed by atoms with Crippen LogP contribution < -0.4 is 0 Å². The highest BCUT2D eigenvalue weighted by molar-refractivity contribution is 5.94. The summed E-state index contributed by atoms with van der Waals surface area (Å²) < 4.78 is 5.32. The number of carbonyl (C=O) groups is 1. The average molecular weight is 140 g/mol. The Balaban J connectivity index is 2.26. The first kappa shape index (κ1) is 6.35. The molecule has 2 saturated heterocycles. The van der Waals surface area contributed by atoms with E-state index in [1.807, 2.05) is 0 Å². The fraction of sp³-hybridized carbons (Fsp3) is 0.875. The van der Waals surface area contributed by atoms with E-state index in [0.29, 0.717) is 11.7 Å². The summed E-state index contributed by atoms with van der Waals surface area (Å²) in [6, 6.07) is 0. The van der Waals surface area contributed by atoms with Gasteiger partial charge in [0.25, 0.3) is 0 Å². The minimum Gasteiger partial charge on any atom is -0.370 e. The van der Waals surface area contributed by atoms with E-state index in [1.54, 1.807) is 0 Å². The number of rotatable bonds is 0. The molecular formula is C8H12O2. The Labute approximate surface area is 60.6 Å². The molecule has 56 valence electrons. The van der Waals surface area contributed by atoms with Crippen LogP contribution in [0.25, 0.3) is 0 Å². The van der Waals surface area contributed by atoms with E-state index in [0.717, 1.165) is 13.0 Å². The average Bonchev–Trinajstić information content (AvgIpc) is 1.88. The number of fused-ring (bicyclic) bond motifs is 2. The molecule has 3 rings (SSSR count). The van der Waals surface area contributed by atoms with E-state index < -0.39 is 0 Å². The molecule has 2 heteroatoms. The summed E-state index contributed by atoms with van der Waals surface area (Å²) in [7, 11) is 0. The fourth-order valence-electron chi connectivity index (χ4n) is 2.12. The van der Waals surface area contributed by atoms with Crippen molar-refractivity contribution in [3.63, 3.8) is 0 Å². The third-order valence-corrected chi connectivity index (χ3v) is 2.87. The lowest BCUT2D eigenvalue weighted by Crippen LogP contribution is -2.63. The highest BCUT2D eigenvalue weighted by Crippen LogP contribution is 2.49. The zero-order valence-electron chi connectivity index (χ0n) is 6.39. The molecule has 2 nitrogen and oxygen atoms in total. The van der Waals surface area contributed by atoms with Gasteiger partial charge >= 0.3 is 0 Å². The zero-order chi connectivity index (χ0) is 7.35. The number of hydrogen-bond acceptors (Lipinski definition) is 2. The summed E-state index contributed by atoms with van der Waals surface area (Å²) >= 11 is 0. The quantitative estimate of drug-likeness (QED) is 0.501. The predicted octanol–water partition coefficient (Wildman–Crippen LogP) is 1.00. The second kappa shape index (κ2) is 1.62. The Hall–Kier alpha value is -0.370. The maximum Gasteiger partial charge on any atom is 0.165 e. The Morgan fingerprint density at radius 3 is 2.50 bits per heavy atom. The van der Waals surface area contributed by atoms with Crippen molar-refractivity contribution in [1.29, 1.82) is 0 Å². The number of hydrogen-bond donors (Lipinski definition) is 0. The second-order valence-corrected chi connectivity index (χ2v) is 3.82. The second-order valence-electron chi connectivity index (χ2n) is 3.82. The van der Waals surface area contributed by atoms with Crippen LogP contribution >= 0.6 is 0 Å². The molecule has 0 N–H and O–H groups in total. The molecule has 0 amide bonds. The molecule has 0 radical (unpaired) electrons. The molecule has 2 atom stereocenters. The van der Waals surface area contributed by atoms with E-state index in [1.165, 1.54) is 0 Å². The molecule has 0 aromatic carbocycles. The topological polar surface area (TPSA) is 26.3 Å². The van der Waals surface area contributed by atoms with Gasteiger partial charge in [-0.05, 0) is 6.42 Å². The molecule has 2 bridgehead atoms. The van der Waals surface area contributed by atoms with Crippen molar-refractivity contribution in [2.75, 3.05) is 6.61 Å². The maximum absolute atomic E-state index is 11.1. The van der Waals surface area contributed by atoms with Gasteiger partial charge in [0.15, 0.2) is 5.78 Å². The summed E-state index contributed by atoms with van der Waals surface area (Å²) in [6.07, 6.45) is 0.855. The van der Waals surface area contributed by atoms with Gasteiger partial charge < -0.3 is 4.74 Å². The highest BCUT2D eigenvalue weighted by Gasteiger charge is 2.58. The van der Waals surface area contributed by atoms with Crippen molar-refractivity contribution in [1.82, 2.24) is 0 Å². The smallest absolute Gasteiger partial charge is 0.165 e. The van der Waals surface area contributed by atoms with Crippen molar-refractivity contribution in [2.45, 2.75) is 26.4 Å². The SMILES string of the molecule is CC1(C)[C@@H]2CCO[C@H]1C2=O. The molecule has 3 fully saturated rings. The van der Waals surface area contributed by atoms with Crippen LogP contribution in [0.15, 0.2) is 0 Å². The standard InChI is InChI=1S/C8H12O2/c1-8(2)5-3-4-10-7(8)6(5)9/h5,7H,3-4H2,1-2H3/t5-,7+/m1/s1. The van der Waals surface area contributed by atoms with Gasteiger partial charge in [-0.25, -0.2) is 0 Å². The van der Waals surface area contributed by atoms with E-state index in [-0.39, 0.29) is 11.5 Å². The number of Topliss-reactive ketones (excluding diaryl/α,β-unsaturated/α-hetero) is 1. The van der Waals surface area contributed by atoms with Gasteiger partial charge in [-0.3, -0.25) is 4.79 Å². The molecule has 2 heterocycles. The number of ketones is 1. The Kier molecular flexibility index (Phi) is 1.03. The lowest BCUT2D eigenvalue weighted by atomic mass is 9.56. The fourth-order valence-corrected chi connectivity index (χ4v) is 2.12. The molecule has 0 spiro atoms. The molecule has 0 unspecified atom stereocenters. The summed E-state index contributed by atoms with van der Waals surface area (Å²) in [4.78, 5) is 11.1. The minimum atomic E-state index is -0.0775. The van der Waals surface area contributed by atoms with Gasteiger partial charge in [-0.15, -0.1) is 0 Å². The summed E-state index contributed by atoms with van der Waals surface area (Å²) in [5, 5.41) is 0. The van der Waals surface area contributed by atoms with Crippen LogP contribution in [-0.4, -0.2) is 18.5 Å². The molecule has 3 aliphatic rings. The molecule has 2 aliphatic heterocycles. The first-order valence-electron chi connectivity index (χ1n) is 3.79. The molecule has 0 aromatic rings. The number of ether oxygens (including phenoxy) is 1. The van der Waals surface area contributed by atoms with Gasteiger partial charge in [0.2, 0.25) is 0 Å². The first-order chi connectivity index (χ1) is 4.64. The van der Waals surface area contributed by atoms with Crippen LogP contribution in [0.3, 0.4) is 0 Å². The van der Waals surface area contributed by atoms with Crippen molar-refractivity contribution >= 4 is 5.78 Å². The molecule has 10 heavy (non-hydrogen) atoms. The highest BCUT2D eigenvalue weighted by atomic mass is 16.5. The minimum absolute atomic E-state index is 0.0775. The van der Waals surface area contributed by atoms with Gasteiger partial charge in [0, 0.05) is 17.9 Å². The van der Waals surface area contributed by atoms with Crippen LogP contribution in [0.2, 0.25) is 0 Å². The van der Waals surface area contributed by atoms with E-state index in [4.69, 9.17) is 4.74 Å². The third kappa shape index (κ3) is 0.511. The summed E-state index contributed by atoms with van der Waals surface area (Å²) in [6.45, 7) is 5.01. The number of carbonyl (C=O) groups excluding carboxylic acids is 1. The maximum atomic E-state index is 11.1. The van der Waals surface area contributed by atoms with Crippen LogP contribution in [-0.2, 0) is 9.53 Å². The van der Waals surface area contributed by atoms with Crippen molar-refractivity contribution in [3.8, 4) is 0 Å². The molecule has 1 aliphatic carbocycles. The normalized spacial score (nSPS) is 42.8. The van der Waals surface area contributed by atoms with Gasteiger partial charge in [-0.2, -0.15) is 0 Å². The van der Waals surface area contributed by atoms with Crippen molar-refractivity contribution < 1.29 is 9.53 Å². The van der Waals surface area contributed by atoms with E-state index in [2.05, 4.69) is 13.8 Å². The molecule has 1 saturated carbocycles. The Bertz CT molecular complexity index is 168. The Morgan fingerprint density at radius 2 is 2.30 bits per heavy atom. The van der Waals surface area contributed by atoms with Crippen LogP contribution in [0, 0.1) is 11.3 Å². The van der Waals surface area contributed by atoms with E-state index in [9.17, 15) is 4.79 Å². The van der Waals surface area contributed by atoms with Gasteiger partial charge in [0.05, 0.1) is 0 Å². The van der Waals surface area contributed by atoms with Crippen LogP contribution in [0.1, 0.15) is 20.3 Å². The molecular weight excluding hydrogens is 128 g/mol. The van der Waals surface area contributed by atoms with Crippen molar-refractivity contribution in [3.05, 3.63) is 0 Å². The third-order valence-electron chi connectivity index (χ3n) is 2.87. The lowest BCUT2D eigenvalue weighted by Gasteiger charge is -2.53. The first-order valence-corrected chi connectivity index (χ1v) is 3.79. The predicted molar refractivity (Wildman–Crippen MR) is 36.6 cm³/mol. The van der Waals surface area contributed by atoms with Crippen LogP contribution in [0.4, 0.5) is 0 Å². The largest absolute Gasteiger partial charge is 0.370 e. The van der Waals surface area contributed by atoms with Crippen LogP contribution in [0.5, 0.6) is 0 Å².